The molecule has 4 rings (SSSR count). The van der Waals surface area contributed by atoms with Gasteiger partial charge in [-0.1, -0.05) is 43.7 Å². The van der Waals surface area contributed by atoms with Crippen molar-refractivity contribution in [2.75, 3.05) is 18.5 Å². The molecule has 0 aliphatic rings. The van der Waals surface area contributed by atoms with Gasteiger partial charge in [0.1, 0.15) is 17.1 Å². The van der Waals surface area contributed by atoms with Crippen molar-refractivity contribution in [3.63, 3.8) is 0 Å². The monoisotopic (exact) mass is 487 g/mol. The molecule has 0 aliphatic heterocycles. The summed E-state index contributed by atoms with van der Waals surface area (Å²) in [5.74, 6) is 1.74. The third kappa shape index (κ3) is 5.56. The topological polar surface area (TPSA) is 109 Å². The molecule has 0 bridgehead atoms. The first-order valence-corrected chi connectivity index (χ1v) is 12.4. The number of aryl methyl sites for hydroxylation is 2. The first-order chi connectivity index (χ1) is 17.5. The highest BCUT2D eigenvalue weighted by molar-refractivity contribution is 5.94. The number of hydrogen-bond acceptors (Lipinski definition) is 5. The van der Waals surface area contributed by atoms with Gasteiger partial charge in [0.25, 0.3) is 5.56 Å². The lowest BCUT2D eigenvalue weighted by molar-refractivity contribution is 0.341. The van der Waals surface area contributed by atoms with Gasteiger partial charge in [0.05, 0.1) is 24.4 Å². The standard InChI is InChI=1S/C27H33N7O2/c1-5-11-21-23-24(34(4)33-21)26(35)32-25(31-23)20-16-19(14-15-22(20)36-7-3)30-27(28-6-2)29-17-18-12-9-8-10-13-18/h8-10,12-16H,5-7,11,17H2,1-4H3,(H2,28,29,30)(H,31,32,35). The Morgan fingerprint density at radius 3 is 2.67 bits per heavy atom. The van der Waals surface area contributed by atoms with Crippen molar-refractivity contribution in [1.29, 1.82) is 0 Å². The van der Waals surface area contributed by atoms with E-state index >= 15 is 0 Å². The number of hydrogen-bond donors (Lipinski definition) is 3. The van der Waals surface area contributed by atoms with Crippen LogP contribution in [0.4, 0.5) is 5.69 Å². The molecule has 0 unspecified atom stereocenters. The molecule has 0 aliphatic carbocycles. The fraction of sp³-hybridized carbons (Fsp3) is 0.333. The summed E-state index contributed by atoms with van der Waals surface area (Å²) < 4.78 is 7.48. The van der Waals surface area contributed by atoms with Crippen LogP contribution in [0.5, 0.6) is 5.75 Å². The number of benzene rings is 2. The van der Waals surface area contributed by atoms with E-state index in [2.05, 4.69) is 27.6 Å². The minimum atomic E-state index is -0.231. The maximum absolute atomic E-state index is 13.0. The molecule has 0 atom stereocenters. The Bertz CT molecular complexity index is 1410. The predicted octanol–water partition coefficient (Wildman–Crippen LogP) is 4.25. The van der Waals surface area contributed by atoms with Crippen LogP contribution in [0, 0.1) is 0 Å². The summed E-state index contributed by atoms with van der Waals surface area (Å²) in [5.41, 5.74) is 4.28. The number of aliphatic imine (C=N–C) groups is 1. The van der Waals surface area contributed by atoms with Gasteiger partial charge in [-0.25, -0.2) is 9.98 Å². The summed E-state index contributed by atoms with van der Waals surface area (Å²) >= 11 is 0. The summed E-state index contributed by atoms with van der Waals surface area (Å²) in [6.07, 6.45) is 1.66. The molecular formula is C27H33N7O2. The van der Waals surface area contributed by atoms with E-state index in [1.807, 2.05) is 62.4 Å². The summed E-state index contributed by atoms with van der Waals surface area (Å²) in [7, 11) is 1.77. The number of ether oxygens (including phenoxy) is 1. The molecule has 9 nitrogen and oxygen atoms in total. The van der Waals surface area contributed by atoms with Crippen LogP contribution >= 0.6 is 0 Å². The van der Waals surface area contributed by atoms with Crippen LogP contribution in [0.3, 0.4) is 0 Å². The number of aromatic amines is 1. The molecule has 2 heterocycles. The SMILES string of the molecule is CCCc1nn(C)c2c(=O)[nH]c(-c3cc(NC(=NCc4ccccc4)NCC)ccc3OCC)nc12. The summed E-state index contributed by atoms with van der Waals surface area (Å²) in [6, 6.07) is 15.8. The van der Waals surface area contributed by atoms with Gasteiger partial charge in [0, 0.05) is 19.3 Å². The van der Waals surface area contributed by atoms with Gasteiger partial charge in [-0.05, 0) is 44.0 Å². The number of nitrogens with zero attached hydrogens (tertiary/aromatic N) is 4. The Hall–Kier alpha value is -4.14. The number of fused-ring (bicyclic) bond motifs is 1. The first-order valence-electron chi connectivity index (χ1n) is 12.4. The second-order valence-electron chi connectivity index (χ2n) is 8.38. The smallest absolute Gasteiger partial charge is 0.277 e. The average Bonchev–Trinajstić information content (AvgIpc) is 3.20. The lowest BCUT2D eigenvalue weighted by Crippen LogP contribution is -2.30. The lowest BCUT2D eigenvalue weighted by Gasteiger charge is -2.15. The zero-order valence-corrected chi connectivity index (χ0v) is 21.3. The molecule has 2 aromatic carbocycles. The third-order valence-corrected chi connectivity index (χ3v) is 5.65. The van der Waals surface area contributed by atoms with Crippen LogP contribution in [0.25, 0.3) is 22.4 Å². The van der Waals surface area contributed by atoms with Crippen LogP contribution in [-0.2, 0) is 20.0 Å². The maximum Gasteiger partial charge on any atom is 0.277 e. The fourth-order valence-electron chi connectivity index (χ4n) is 4.05. The fourth-order valence-corrected chi connectivity index (χ4v) is 4.05. The summed E-state index contributed by atoms with van der Waals surface area (Å²) in [4.78, 5) is 25.5. The predicted molar refractivity (Wildman–Crippen MR) is 145 cm³/mol. The molecule has 0 saturated heterocycles. The molecular weight excluding hydrogens is 454 g/mol. The molecule has 188 valence electrons. The van der Waals surface area contributed by atoms with Gasteiger partial charge in [-0.2, -0.15) is 5.10 Å². The van der Waals surface area contributed by atoms with Crippen molar-refractivity contribution in [1.82, 2.24) is 25.1 Å². The lowest BCUT2D eigenvalue weighted by atomic mass is 10.1. The average molecular weight is 488 g/mol. The zero-order chi connectivity index (χ0) is 25.5. The van der Waals surface area contributed by atoms with E-state index < -0.39 is 0 Å². The van der Waals surface area contributed by atoms with Crippen LogP contribution in [0.2, 0.25) is 0 Å². The van der Waals surface area contributed by atoms with Gasteiger partial charge in [0.15, 0.2) is 11.5 Å². The number of nitrogens with one attached hydrogen (secondary N) is 3. The van der Waals surface area contributed by atoms with Crippen molar-refractivity contribution >= 4 is 22.7 Å². The molecule has 0 amide bonds. The van der Waals surface area contributed by atoms with Crippen LogP contribution in [0.15, 0.2) is 58.3 Å². The Labute approximate surface area is 210 Å². The van der Waals surface area contributed by atoms with Crippen LogP contribution in [-0.4, -0.2) is 38.9 Å². The molecule has 4 aromatic rings. The minimum Gasteiger partial charge on any atom is -0.493 e. The number of rotatable bonds is 9. The Balaban J connectivity index is 1.73. The van der Waals surface area contributed by atoms with Gasteiger partial charge >= 0.3 is 0 Å². The van der Waals surface area contributed by atoms with E-state index in [9.17, 15) is 4.79 Å². The van der Waals surface area contributed by atoms with Gasteiger partial charge in [-0.3, -0.25) is 9.48 Å². The third-order valence-electron chi connectivity index (χ3n) is 5.65. The van der Waals surface area contributed by atoms with E-state index in [0.717, 1.165) is 36.3 Å². The van der Waals surface area contributed by atoms with E-state index in [1.54, 1.807) is 11.7 Å². The van der Waals surface area contributed by atoms with Gasteiger partial charge in [-0.15, -0.1) is 0 Å². The number of H-pyrrole nitrogens is 1. The second-order valence-corrected chi connectivity index (χ2v) is 8.38. The van der Waals surface area contributed by atoms with Crippen LogP contribution < -0.4 is 20.9 Å². The van der Waals surface area contributed by atoms with E-state index in [0.29, 0.717) is 47.3 Å². The van der Waals surface area contributed by atoms with E-state index in [4.69, 9.17) is 14.7 Å². The van der Waals surface area contributed by atoms with Crippen molar-refractivity contribution in [3.05, 3.63) is 70.1 Å². The molecule has 3 N–H and O–H groups in total. The normalized spacial score (nSPS) is 11.6. The zero-order valence-electron chi connectivity index (χ0n) is 21.3. The highest BCUT2D eigenvalue weighted by Crippen LogP contribution is 2.31. The molecule has 2 aromatic heterocycles. The van der Waals surface area contributed by atoms with Crippen molar-refractivity contribution < 1.29 is 4.74 Å². The molecule has 0 saturated carbocycles. The molecule has 36 heavy (non-hydrogen) atoms. The Kier molecular flexibility index (Phi) is 7.99. The highest BCUT2D eigenvalue weighted by Gasteiger charge is 2.18. The Morgan fingerprint density at radius 2 is 1.94 bits per heavy atom. The van der Waals surface area contributed by atoms with Crippen LogP contribution in [0.1, 0.15) is 38.4 Å². The number of guanidine groups is 1. The van der Waals surface area contributed by atoms with E-state index in [1.165, 1.54) is 0 Å². The number of aromatic nitrogens is 4. The quantitative estimate of drug-likeness (QED) is 0.241. The minimum absolute atomic E-state index is 0.231. The first kappa shape index (κ1) is 25.0. The highest BCUT2D eigenvalue weighted by atomic mass is 16.5. The molecule has 0 fully saturated rings. The largest absolute Gasteiger partial charge is 0.493 e. The van der Waals surface area contributed by atoms with Gasteiger partial charge in [0.2, 0.25) is 0 Å². The molecule has 0 radical (unpaired) electrons. The second kappa shape index (κ2) is 11.5. The number of anilines is 1. The molecule has 0 spiro atoms. The van der Waals surface area contributed by atoms with E-state index in [-0.39, 0.29) is 5.56 Å². The Morgan fingerprint density at radius 1 is 1.14 bits per heavy atom. The summed E-state index contributed by atoms with van der Waals surface area (Å²) in [6.45, 7) is 7.79. The van der Waals surface area contributed by atoms with Crippen molar-refractivity contribution in [2.45, 2.75) is 40.2 Å². The molecule has 9 heteroatoms. The summed E-state index contributed by atoms with van der Waals surface area (Å²) in [5, 5.41) is 11.2. The van der Waals surface area contributed by atoms with Crippen molar-refractivity contribution in [3.8, 4) is 17.1 Å². The van der Waals surface area contributed by atoms with Gasteiger partial charge < -0.3 is 20.4 Å². The van der Waals surface area contributed by atoms with Crippen molar-refractivity contribution in [2.24, 2.45) is 12.0 Å². The maximum atomic E-state index is 13.0.